The quantitative estimate of drug-likeness (QED) is 0.778. The van der Waals surface area contributed by atoms with Crippen LogP contribution in [0.3, 0.4) is 0 Å². The zero-order valence-corrected chi connectivity index (χ0v) is 13.2. The molecule has 3 atom stereocenters. The summed E-state index contributed by atoms with van der Waals surface area (Å²) in [7, 11) is 2.11. The van der Waals surface area contributed by atoms with Crippen LogP contribution in [0.25, 0.3) is 0 Å². The normalized spacial score (nSPS) is 24.0. The molecule has 21 heavy (non-hydrogen) atoms. The molecule has 0 radical (unpaired) electrons. The Bertz CT molecular complexity index is 474. The molecule has 1 aromatic rings. The third-order valence-corrected chi connectivity index (χ3v) is 4.62. The summed E-state index contributed by atoms with van der Waals surface area (Å²) in [5.41, 5.74) is 0.356. The van der Waals surface area contributed by atoms with Gasteiger partial charge >= 0.3 is 0 Å². The Morgan fingerprint density at radius 2 is 2.14 bits per heavy atom. The van der Waals surface area contributed by atoms with E-state index in [1.54, 1.807) is 0 Å². The summed E-state index contributed by atoms with van der Waals surface area (Å²) >= 11 is 0. The van der Waals surface area contributed by atoms with Gasteiger partial charge in [-0.1, -0.05) is 26.7 Å². The van der Waals surface area contributed by atoms with Crippen LogP contribution in [0.2, 0.25) is 0 Å². The summed E-state index contributed by atoms with van der Waals surface area (Å²) < 4.78 is 12.9. The number of nitrogens with zero attached hydrogens (tertiary/aromatic N) is 2. The van der Waals surface area contributed by atoms with Gasteiger partial charge in [0.1, 0.15) is 11.5 Å². The first-order valence-electron chi connectivity index (χ1n) is 7.85. The molecule has 3 nitrogen and oxygen atoms in total. The predicted molar refractivity (Wildman–Crippen MR) is 81.7 cm³/mol. The van der Waals surface area contributed by atoms with Crippen LogP contribution in [0.15, 0.2) is 18.3 Å². The van der Waals surface area contributed by atoms with Gasteiger partial charge in [-0.3, -0.25) is 9.78 Å². The van der Waals surface area contributed by atoms with E-state index in [-0.39, 0.29) is 11.7 Å². The highest BCUT2D eigenvalue weighted by Gasteiger charge is 2.27. The molecule has 0 bridgehead atoms. The minimum atomic E-state index is -0.410. The molecule has 1 heterocycles. The van der Waals surface area contributed by atoms with Crippen LogP contribution in [0.4, 0.5) is 4.39 Å². The van der Waals surface area contributed by atoms with Gasteiger partial charge in [0, 0.05) is 18.5 Å². The molecule has 1 aliphatic carbocycles. The third-order valence-electron chi connectivity index (χ3n) is 4.62. The van der Waals surface area contributed by atoms with Crippen LogP contribution in [-0.2, 0) is 0 Å². The number of ketones is 1. The van der Waals surface area contributed by atoms with Crippen LogP contribution >= 0.6 is 0 Å². The van der Waals surface area contributed by atoms with E-state index in [4.69, 9.17) is 0 Å². The molecule has 1 aliphatic rings. The van der Waals surface area contributed by atoms with E-state index in [1.807, 2.05) is 6.92 Å². The number of aromatic nitrogens is 1. The number of carbonyl (C=O) groups excluding carboxylic acids is 1. The monoisotopic (exact) mass is 292 g/mol. The van der Waals surface area contributed by atoms with Gasteiger partial charge < -0.3 is 4.90 Å². The van der Waals surface area contributed by atoms with Crippen molar-refractivity contribution in [3.05, 3.63) is 29.8 Å². The van der Waals surface area contributed by atoms with Crippen molar-refractivity contribution in [2.75, 3.05) is 13.6 Å². The Morgan fingerprint density at radius 1 is 1.43 bits per heavy atom. The fraction of sp³-hybridized carbons (Fsp3) is 0.647. The molecule has 4 heteroatoms. The molecule has 3 unspecified atom stereocenters. The SMILES string of the molecule is CC(CN(C)C1CCCCC1C)C(=O)c1ccc(F)cn1. The fourth-order valence-electron chi connectivity index (χ4n) is 3.38. The molecule has 116 valence electrons. The molecule has 0 aliphatic heterocycles. The molecule has 1 fully saturated rings. The number of hydrogen-bond acceptors (Lipinski definition) is 3. The van der Waals surface area contributed by atoms with E-state index < -0.39 is 5.82 Å². The maximum atomic E-state index is 12.9. The second kappa shape index (κ2) is 7.12. The van der Waals surface area contributed by atoms with Crippen LogP contribution in [0.1, 0.15) is 50.0 Å². The highest BCUT2D eigenvalue weighted by molar-refractivity contribution is 5.95. The lowest BCUT2D eigenvalue weighted by atomic mass is 9.84. The van der Waals surface area contributed by atoms with E-state index >= 15 is 0 Å². The van der Waals surface area contributed by atoms with Gasteiger partial charge in [-0.05, 0) is 37.9 Å². The molecule has 0 saturated heterocycles. The molecule has 0 amide bonds. The summed E-state index contributed by atoms with van der Waals surface area (Å²) in [6.07, 6.45) is 6.19. The van der Waals surface area contributed by atoms with E-state index in [9.17, 15) is 9.18 Å². The van der Waals surface area contributed by atoms with Crippen molar-refractivity contribution in [1.29, 1.82) is 0 Å². The van der Waals surface area contributed by atoms with Crippen molar-refractivity contribution < 1.29 is 9.18 Å². The van der Waals surface area contributed by atoms with Crippen LogP contribution in [0, 0.1) is 17.7 Å². The summed E-state index contributed by atoms with van der Waals surface area (Å²) in [6, 6.07) is 3.33. The maximum Gasteiger partial charge on any atom is 0.185 e. The lowest BCUT2D eigenvalue weighted by Gasteiger charge is -2.37. The maximum absolute atomic E-state index is 12.9. The minimum Gasteiger partial charge on any atom is -0.302 e. The van der Waals surface area contributed by atoms with Crippen LogP contribution < -0.4 is 0 Å². The highest BCUT2D eigenvalue weighted by Crippen LogP contribution is 2.28. The van der Waals surface area contributed by atoms with Gasteiger partial charge in [0.15, 0.2) is 5.78 Å². The van der Waals surface area contributed by atoms with Gasteiger partial charge in [0.05, 0.1) is 6.20 Å². The average Bonchev–Trinajstić information content (AvgIpc) is 2.47. The first-order chi connectivity index (χ1) is 9.99. The largest absolute Gasteiger partial charge is 0.302 e. The number of Topliss-reactive ketones (excluding diaryl/α,β-unsaturated/α-hetero) is 1. The summed E-state index contributed by atoms with van der Waals surface area (Å²) in [5.74, 6) is 0.148. The van der Waals surface area contributed by atoms with Crippen molar-refractivity contribution in [3.8, 4) is 0 Å². The molecular weight excluding hydrogens is 267 g/mol. The Hall–Kier alpha value is -1.29. The second-order valence-corrected chi connectivity index (χ2v) is 6.40. The number of hydrogen-bond donors (Lipinski definition) is 0. The smallest absolute Gasteiger partial charge is 0.185 e. The molecule has 0 N–H and O–H groups in total. The Kier molecular flexibility index (Phi) is 5.45. The standard InChI is InChI=1S/C17H25FN2O/c1-12-6-4-5-7-16(12)20(3)11-13(2)17(21)15-9-8-14(18)10-19-15/h8-10,12-13,16H,4-7,11H2,1-3H3. The van der Waals surface area contributed by atoms with Crippen molar-refractivity contribution in [3.63, 3.8) is 0 Å². The summed E-state index contributed by atoms with van der Waals surface area (Å²) in [5, 5.41) is 0. The minimum absolute atomic E-state index is 0.00897. The topological polar surface area (TPSA) is 33.2 Å². The van der Waals surface area contributed by atoms with Crippen LogP contribution in [-0.4, -0.2) is 35.3 Å². The first-order valence-corrected chi connectivity index (χ1v) is 7.85. The van der Waals surface area contributed by atoms with Crippen molar-refractivity contribution >= 4 is 5.78 Å². The number of halogens is 1. The summed E-state index contributed by atoms with van der Waals surface area (Å²) in [6.45, 7) is 4.96. The van der Waals surface area contributed by atoms with Gasteiger partial charge in [0.2, 0.25) is 0 Å². The molecule has 1 saturated carbocycles. The number of carbonyl (C=O) groups is 1. The van der Waals surface area contributed by atoms with Gasteiger partial charge in [-0.2, -0.15) is 0 Å². The molecule has 0 spiro atoms. The number of rotatable bonds is 5. The zero-order chi connectivity index (χ0) is 15.4. The fourth-order valence-corrected chi connectivity index (χ4v) is 3.38. The van der Waals surface area contributed by atoms with Crippen molar-refractivity contribution in [1.82, 2.24) is 9.88 Å². The van der Waals surface area contributed by atoms with Crippen molar-refractivity contribution in [2.24, 2.45) is 11.8 Å². The van der Waals surface area contributed by atoms with Crippen LogP contribution in [0.5, 0.6) is 0 Å². The molecule has 1 aromatic heterocycles. The molecule has 2 rings (SSSR count). The second-order valence-electron chi connectivity index (χ2n) is 6.40. The first kappa shape index (κ1) is 16.1. The summed E-state index contributed by atoms with van der Waals surface area (Å²) in [4.78, 5) is 18.6. The van der Waals surface area contributed by atoms with E-state index in [0.717, 1.165) is 12.7 Å². The zero-order valence-electron chi connectivity index (χ0n) is 13.2. The van der Waals surface area contributed by atoms with E-state index in [0.29, 0.717) is 17.7 Å². The highest BCUT2D eigenvalue weighted by atomic mass is 19.1. The Morgan fingerprint density at radius 3 is 2.76 bits per heavy atom. The van der Waals surface area contributed by atoms with E-state index in [2.05, 4.69) is 23.9 Å². The lowest BCUT2D eigenvalue weighted by Crippen LogP contribution is -2.42. The predicted octanol–water partition coefficient (Wildman–Crippen LogP) is 3.55. The Balaban J connectivity index is 1.95. The molecular formula is C17H25FN2O. The van der Waals surface area contributed by atoms with Gasteiger partial charge in [0.25, 0.3) is 0 Å². The number of pyridine rings is 1. The third kappa shape index (κ3) is 4.10. The van der Waals surface area contributed by atoms with Gasteiger partial charge in [-0.25, -0.2) is 4.39 Å². The lowest BCUT2D eigenvalue weighted by molar-refractivity contribution is 0.0827. The average molecular weight is 292 g/mol. The van der Waals surface area contributed by atoms with Crippen molar-refractivity contribution in [2.45, 2.75) is 45.6 Å². The van der Waals surface area contributed by atoms with Gasteiger partial charge in [-0.15, -0.1) is 0 Å². The Labute approximate surface area is 126 Å². The van der Waals surface area contributed by atoms with E-state index in [1.165, 1.54) is 37.8 Å². The molecule has 0 aromatic carbocycles.